The summed E-state index contributed by atoms with van der Waals surface area (Å²) in [4.78, 5) is 16.9. The number of aromatic nitrogens is 4. The minimum atomic E-state index is 0.282. The molecule has 4 nitrogen and oxygen atoms in total. The molecule has 17 heavy (non-hydrogen) atoms. The molecule has 2 rings (SSSR count). The summed E-state index contributed by atoms with van der Waals surface area (Å²) in [6.07, 6.45) is 3.32. The molecule has 0 aromatic carbocycles. The first-order valence-electron chi connectivity index (χ1n) is 5.10. The molecule has 0 aliphatic rings. The van der Waals surface area contributed by atoms with Crippen LogP contribution in [0.3, 0.4) is 0 Å². The highest BCUT2D eigenvalue weighted by atomic mass is 127. The first-order valence-corrected chi connectivity index (χ1v) is 6.55. The predicted octanol–water partition coefficient (Wildman–Crippen LogP) is 3.32. The Hall–Kier alpha value is -0.820. The van der Waals surface area contributed by atoms with Gasteiger partial charge >= 0.3 is 0 Å². The van der Waals surface area contributed by atoms with Crippen molar-refractivity contribution < 1.29 is 0 Å². The maximum atomic E-state index is 6.10. The van der Waals surface area contributed by atoms with Crippen molar-refractivity contribution in [3.8, 4) is 11.6 Å². The van der Waals surface area contributed by atoms with E-state index in [-0.39, 0.29) is 5.92 Å². The van der Waals surface area contributed by atoms with Crippen molar-refractivity contribution in [2.75, 3.05) is 0 Å². The molecule has 0 fully saturated rings. The molecular formula is C11H10ClIN4. The van der Waals surface area contributed by atoms with E-state index in [1.54, 1.807) is 18.5 Å². The second-order valence-electron chi connectivity index (χ2n) is 3.76. The first kappa shape index (κ1) is 12.6. The van der Waals surface area contributed by atoms with Crippen LogP contribution in [0.1, 0.15) is 25.5 Å². The Morgan fingerprint density at radius 2 is 1.76 bits per heavy atom. The molecule has 0 spiro atoms. The predicted molar refractivity (Wildman–Crippen MR) is 74.9 cm³/mol. The second kappa shape index (κ2) is 5.22. The summed E-state index contributed by atoms with van der Waals surface area (Å²) >= 11 is 8.26. The lowest BCUT2D eigenvalue weighted by Crippen LogP contribution is -2.04. The van der Waals surface area contributed by atoms with Crippen LogP contribution in [0.4, 0.5) is 0 Å². The minimum Gasteiger partial charge on any atom is -0.234 e. The highest BCUT2D eigenvalue weighted by molar-refractivity contribution is 14.1. The summed E-state index contributed by atoms with van der Waals surface area (Å²) in [5.74, 6) is 1.25. The fraction of sp³-hybridized carbons (Fsp3) is 0.273. The fourth-order valence-electron chi connectivity index (χ4n) is 1.33. The van der Waals surface area contributed by atoms with E-state index in [4.69, 9.17) is 11.6 Å². The van der Waals surface area contributed by atoms with Gasteiger partial charge in [0.15, 0.2) is 11.6 Å². The van der Waals surface area contributed by atoms with Crippen molar-refractivity contribution in [3.63, 3.8) is 0 Å². The third-order valence-corrected chi connectivity index (χ3v) is 3.80. The lowest BCUT2D eigenvalue weighted by molar-refractivity contribution is 0.806. The fourth-order valence-corrected chi connectivity index (χ4v) is 2.37. The van der Waals surface area contributed by atoms with Gasteiger partial charge in [0.2, 0.25) is 0 Å². The van der Waals surface area contributed by atoms with Gasteiger partial charge in [-0.1, -0.05) is 25.4 Å². The smallest absolute Gasteiger partial charge is 0.199 e. The molecule has 0 unspecified atom stereocenters. The van der Waals surface area contributed by atoms with E-state index in [0.717, 1.165) is 9.26 Å². The average molecular weight is 361 g/mol. The van der Waals surface area contributed by atoms with Crippen LogP contribution in [0, 0.1) is 3.57 Å². The van der Waals surface area contributed by atoms with Crippen LogP contribution in [0.5, 0.6) is 0 Å². The Bertz CT molecular complexity index is 530. The molecule has 0 atom stereocenters. The number of hydrogen-bond acceptors (Lipinski definition) is 4. The number of hydrogen-bond donors (Lipinski definition) is 0. The lowest BCUT2D eigenvalue weighted by Gasteiger charge is -2.09. The Kier molecular flexibility index (Phi) is 3.88. The second-order valence-corrected chi connectivity index (χ2v) is 5.20. The largest absolute Gasteiger partial charge is 0.234 e. The minimum absolute atomic E-state index is 0.282. The van der Waals surface area contributed by atoms with Gasteiger partial charge < -0.3 is 0 Å². The molecule has 2 heterocycles. The molecule has 6 heteroatoms. The van der Waals surface area contributed by atoms with Gasteiger partial charge in [0.1, 0.15) is 5.15 Å². The molecule has 0 saturated heterocycles. The maximum absolute atomic E-state index is 6.10. The van der Waals surface area contributed by atoms with Gasteiger partial charge in [0.05, 0.1) is 9.26 Å². The van der Waals surface area contributed by atoms with Gasteiger partial charge in [-0.2, -0.15) is 0 Å². The van der Waals surface area contributed by atoms with Crippen LogP contribution in [0.15, 0.2) is 18.5 Å². The van der Waals surface area contributed by atoms with E-state index in [9.17, 15) is 0 Å². The summed E-state index contributed by atoms with van der Waals surface area (Å²) in [7, 11) is 0. The molecule has 88 valence electrons. The van der Waals surface area contributed by atoms with Gasteiger partial charge in [-0.15, -0.1) is 0 Å². The summed E-state index contributed by atoms with van der Waals surface area (Å²) < 4.78 is 0.888. The van der Waals surface area contributed by atoms with Crippen molar-refractivity contribution in [3.05, 3.63) is 32.9 Å². The van der Waals surface area contributed by atoms with Crippen molar-refractivity contribution in [2.24, 2.45) is 0 Å². The summed E-state index contributed by atoms with van der Waals surface area (Å²) in [5, 5.41) is 0.451. The molecule has 2 aromatic heterocycles. The molecule has 0 radical (unpaired) electrons. The highest BCUT2D eigenvalue weighted by Crippen LogP contribution is 2.26. The molecular weight excluding hydrogens is 351 g/mol. The standard InChI is InChI=1S/C11H10ClIN4/c1-6(2)8-7(13)9(12)17-11(16-8)10-14-4-3-5-15-10/h3-6H,1-2H3. The zero-order chi connectivity index (χ0) is 12.4. The Balaban J connectivity index is 2.57. The quantitative estimate of drug-likeness (QED) is 0.609. The summed E-state index contributed by atoms with van der Waals surface area (Å²) in [5.41, 5.74) is 0.924. The van der Waals surface area contributed by atoms with E-state index >= 15 is 0 Å². The van der Waals surface area contributed by atoms with E-state index in [1.165, 1.54) is 0 Å². The Labute approximate surface area is 118 Å². The van der Waals surface area contributed by atoms with Gasteiger partial charge in [-0.3, -0.25) is 0 Å². The average Bonchev–Trinajstić information content (AvgIpc) is 2.33. The summed E-state index contributed by atoms with van der Waals surface area (Å²) in [6.45, 7) is 4.13. The van der Waals surface area contributed by atoms with Crippen LogP contribution in [-0.4, -0.2) is 19.9 Å². The zero-order valence-corrected chi connectivity index (χ0v) is 12.3. The number of rotatable bonds is 2. The molecule has 0 amide bonds. The van der Waals surface area contributed by atoms with Crippen LogP contribution >= 0.6 is 34.2 Å². The van der Waals surface area contributed by atoms with E-state index < -0.39 is 0 Å². The van der Waals surface area contributed by atoms with Gasteiger partial charge in [0, 0.05) is 12.4 Å². The van der Waals surface area contributed by atoms with Crippen molar-refractivity contribution in [2.45, 2.75) is 19.8 Å². The highest BCUT2D eigenvalue weighted by Gasteiger charge is 2.15. The monoisotopic (exact) mass is 360 g/mol. The Morgan fingerprint density at radius 3 is 2.35 bits per heavy atom. The third kappa shape index (κ3) is 2.71. The molecule has 0 saturated carbocycles. The third-order valence-electron chi connectivity index (χ3n) is 2.15. The van der Waals surface area contributed by atoms with E-state index in [1.807, 2.05) is 0 Å². The van der Waals surface area contributed by atoms with Crippen LogP contribution in [0.2, 0.25) is 5.15 Å². The molecule has 0 aliphatic heterocycles. The number of halogens is 2. The van der Waals surface area contributed by atoms with Crippen LogP contribution < -0.4 is 0 Å². The molecule has 0 aliphatic carbocycles. The molecule has 0 bridgehead atoms. The van der Waals surface area contributed by atoms with Gasteiger partial charge in [-0.05, 0) is 34.6 Å². The van der Waals surface area contributed by atoms with Crippen molar-refractivity contribution in [1.82, 2.24) is 19.9 Å². The lowest BCUT2D eigenvalue weighted by atomic mass is 10.1. The van der Waals surface area contributed by atoms with Gasteiger partial charge in [0.25, 0.3) is 0 Å². The topological polar surface area (TPSA) is 51.6 Å². The maximum Gasteiger partial charge on any atom is 0.199 e. The first-order chi connectivity index (χ1) is 8.09. The molecule has 2 aromatic rings. The van der Waals surface area contributed by atoms with Crippen molar-refractivity contribution in [1.29, 1.82) is 0 Å². The van der Waals surface area contributed by atoms with Gasteiger partial charge in [-0.25, -0.2) is 19.9 Å². The van der Waals surface area contributed by atoms with E-state index in [2.05, 4.69) is 56.4 Å². The molecule has 0 N–H and O–H groups in total. The van der Waals surface area contributed by atoms with Crippen molar-refractivity contribution >= 4 is 34.2 Å². The SMILES string of the molecule is CC(C)c1nc(-c2ncccn2)nc(Cl)c1I. The Morgan fingerprint density at radius 1 is 1.12 bits per heavy atom. The van der Waals surface area contributed by atoms with Crippen LogP contribution in [0.25, 0.3) is 11.6 Å². The zero-order valence-electron chi connectivity index (χ0n) is 9.35. The van der Waals surface area contributed by atoms with E-state index in [0.29, 0.717) is 16.8 Å². The normalized spacial score (nSPS) is 10.9. The summed E-state index contributed by atoms with van der Waals surface area (Å²) in [6, 6.07) is 1.75. The van der Waals surface area contributed by atoms with Crippen LogP contribution in [-0.2, 0) is 0 Å². The number of nitrogens with zero attached hydrogens (tertiary/aromatic N) is 4.